The van der Waals surface area contributed by atoms with Crippen LogP contribution in [-0.2, 0) is 4.79 Å². The quantitative estimate of drug-likeness (QED) is 0.934. The van der Waals surface area contributed by atoms with Gasteiger partial charge in [0.1, 0.15) is 11.6 Å². The number of hydrogen-bond donors (Lipinski definition) is 1. The first-order valence-electron chi connectivity index (χ1n) is 5.73. The summed E-state index contributed by atoms with van der Waals surface area (Å²) in [4.78, 5) is 15.4. The van der Waals surface area contributed by atoms with Gasteiger partial charge in [-0.1, -0.05) is 6.92 Å². The number of amides is 1. The Morgan fingerprint density at radius 3 is 2.95 bits per heavy atom. The van der Waals surface area contributed by atoms with Crippen LogP contribution in [0.15, 0.2) is 23.6 Å². The summed E-state index contributed by atoms with van der Waals surface area (Å²) in [5.74, 6) is -0.0647. The van der Waals surface area contributed by atoms with Crippen molar-refractivity contribution in [1.29, 1.82) is 0 Å². The van der Waals surface area contributed by atoms with Gasteiger partial charge in [0, 0.05) is 23.4 Å². The zero-order valence-corrected chi connectivity index (χ0v) is 11.4. The number of thiazole rings is 1. The molecule has 2 rings (SSSR count). The van der Waals surface area contributed by atoms with Gasteiger partial charge in [0.2, 0.25) is 5.91 Å². The Hall–Kier alpha value is -1.95. The molecule has 100 valence electrons. The van der Waals surface area contributed by atoms with Gasteiger partial charge in [0.25, 0.3) is 0 Å². The van der Waals surface area contributed by atoms with Gasteiger partial charge in [-0.25, -0.2) is 9.37 Å². The largest absolute Gasteiger partial charge is 0.497 e. The first-order valence-corrected chi connectivity index (χ1v) is 6.61. The number of nitrogens with zero attached hydrogens (tertiary/aromatic N) is 1. The Balaban J connectivity index is 2.25. The van der Waals surface area contributed by atoms with Crippen LogP contribution in [-0.4, -0.2) is 18.0 Å². The van der Waals surface area contributed by atoms with Crippen molar-refractivity contribution in [3.8, 4) is 17.0 Å². The van der Waals surface area contributed by atoms with Gasteiger partial charge in [-0.2, -0.15) is 0 Å². The molecule has 0 bridgehead atoms. The molecule has 1 aromatic carbocycles. The number of hydrogen-bond acceptors (Lipinski definition) is 4. The van der Waals surface area contributed by atoms with Gasteiger partial charge >= 0.3 is 0 Å². The van der Waals surface area contributed by atoms with Crippen molar-refractivity contribution < 1.29 is 13.9 Å². The van der Waals surface area contributed by atoms with Crippen molar-refractivity contribution in [2.24, 2.45) is 0 Å². The smallest absolute Gasteiger partial charge is 0.225 e. The van der Waals surface area contributed by atoms with Crippen molar-refractivity contribution in [3.63, 3.8) is 0 Å². The number of rotatable bonds is 4. The third-order valence-corrected chi connectivity index (χ3v) is 3.28. The zero-order chi connectivity index (χ0) is 13.8. The van der Waals surface area contributed by atoms with E-state index in [1.807, 2.05) is 0 Å². The Morgan fingerprint density at radius 2 is 2.32 bits per heavy atom. The summed E-state index contributed by atoms with van der Waals surface area (Å²) >= 11 is 1.27. The summed E-state index contributed by atoms with van der Waals surface area (Å²) < 4.78 is 18.8. The maximum atomic E-state index is 13.9. The summed E-state index contributed by atoms with van der Waals surface area (Å²) in [6, 6.07) is 4.58. The first kappa shape index (κ1) is 13.5. The molecule has 0 radical (unpaired) electrons. The molecule has 1 aromatic heterocycles. The van der Waals surface area contributed by atoms with Gasteiger partial charge in [0.15, 0.2) is 5.13 Å². The van der Waals surface area contributed by atoms with Gasteiger partial charge in [-0.15, -0.1) is 11.3 Å². The fraction of sp³-hybridized carbons (Fsp3) is 0.231. The minimum absolute atomic E-state index is 0.115. The molecule has 19 heavy (non-hydrogen) atoms. The molecule has 4 nitrogen and oxygen atoms in total. The minimum atomic E-state index is -0.405. The summed E-state index contributed by atoms with van der Waals surface area (Å²) in [6.07, 6.45) is 0.381. The van der Waals surface area contributed by atoms with Crippen molar-refractivity contribution in [2.45, 2.75) is 13.3 Å². The van der Waals surface area contributed by atoms with Crippen LogP contribution in [0.25, 0.3) is 11.3 Å². The zero-order valence-electron chi connectivity index (χ0n) is 10.6. The van der Waals surface area contributed by atoms with E-state index in [9.17, 15) is 9.18 Å². The molecule has 0 aliphatic carbocycles. The maximum absolute atomic E-state index is 13.9. The summed E-state index contributed by atoms with van der Waals surface area (Å²) in [5, 5.41) is 4.82. The molecule has 1 N–H and O–H groups in total. The molecular formula is C13H13FN2O2S. The number of anilines is 1. The van der Waals surface area contributed by atoms with Crippen molar-refractivity contribution in [2.75, 3.05) is 12.4 Å². The lowest BCUT2D eigenvalue weighted by molar-refractivity contribution is -0.115. The van der Waals surface area contributed by atoms with Crippen molar-refractivity contribution in [3.05, 3.63) is 29.4 Å². The second kappa shape index (κ2) is 5.79. The molecule has 0 unspecified atom stereocenters. The van der Waals surface area contributed by atoms with E-state index in [-0.39, 0.29) is 5.91 Å². The van der Waals surface area contributed by atoms with E-state index < -0.39 is 5.82 Å². The third kappa shape index (κ3) is 3.08. The highest BCUT2D eigenvalue weighted by Crippen LogP contribution is 2.29. The van der Waals surface area contributed by atoms with Crippen LogP contribution in [0.1, 0.15) is 13.3 Å². The van der Waals surface area contributed by atoms with Gasteiger partial charge in [0.05, 0.1) is 12.8 Å². The first-order chi connectivity index (χ1) is 9.13. The van der Waals surface area contributed by atoms with Gasteiger partial charge < -0.3 is 10.1 Å². The number of benzene rings is 1. The molecule has 0 saturated carbocycles. The van der Waals surface area contributed by atoms with Crippen LogP contribution < -0.4 is 10.1 Å². The molecule has 0 fully saturated rings. The summed E-state index contributed by atoms with van der Waals surface area (Å²) in [7, 11) is 1.48. The summed E-state index contributed by atoms with van der Waals surface area (Å²) in [5.41, 5.74) is 0.880. The van der Waals surface area contributed by atoms with E-state index >= 15 is 0 Å². The highest BCUT2D eigenvalue weighted by Gasteiger charge is 2.11. The van der Waals surface area contributed by atoms with Crippen LogP contribution in [0.4, 0.5) is 9.52 Å². The molecule has 6 heteroatoms. The molecule has 1 amide bonds. The molecule has 2 aromatic rings. The van der Waals surface area contributed by atoms with E-state index in [0.29, 0.717) is 28.6 Å². The average molecular weight is 280 g/mol. The van der Waals surface area contributed by atoms with Gasteiger partial charge in [-0.05, 0) is 12.1 Å². The van der Waals surface area contributed by atoms with E-state index in [0.717, 1.165) is 0 Å². The lowest BCUT2D eigenvalue weighted by Gasteiger charge is -2.03. The molecule has 1 heterocycles. The normalized spacial score (nSPS) is 10.3. The summed E-state index contributed by atoms with van der Waals surface area (Å²) in [6.45, 7) is 1.76. The Labute approximate surface area is 114 Å². The van der Waals surface area contributed by atoms with Crippen LogP contribution in [0.2, 0.25) is 0 Å². The number of methoxy groups -OCH3 is 1. The molecule has 0 atom stereocenters. The maximum Gasteiger partial charge on any atom is 0.225 e. The molecular weight excluding hydrogens is 267 g/mol. The third-order valence-electron chi connectivity index (χ3n) is 2.52. The number of carbonyl (C=O) groups excluding carboxylic acids is 1. The fourth-order valence-corrected chi connectivity index (χ4v) is 2.22. The second-order valence-corrected chi connectivity index (χ2v) is 4.64. The number of aromatic nitrogens is 1. The predicted molar refractivity (Wildman–Crippen MR) is 73.0 cm³/mol. The Kier molecular flexibility index (Phi) is 4.11. The molecule has 0 saturated heterocycles. The second-order valence-electron chi connectivity index (χ2n) is 3.79. The van der Waals surface area contributed by atoms with E-state index in [1.54, 1.807) is 24.4 Å². The van der Waals surface area contributed by atoms with Gasteiger partial charge in [-0.3, -0.25) is 4.79 Å². The van der Waals surface area contributed by atoms with E-state index in [4.69, 9.17) is 4.74 Å². The lowest BCUT2D eigenvalue weighted by Crippen LogP contribution is -2.08. The predicted octanol–water partition coefficient (Wildman–Crippen LogP) is 3.31. The molecule has 0 aliphatic heterocycles. The number of ether oxygens (including phenoxy) is 1. The standard InChI is InChI=1S/C13H13FN2O2S/c1-3-12(17)16-13-15-11(7-19-13)9-5-4-8(18-2)6-10(9)14/h4-7H,3H2,1-2H3,(H,15,16,17). The Morgan fingerprint density at radius 1 is 1.53 bits per heavy atom. The SMILES string of the molecule is CCC(=O)Nc1nc(-c2ccc(OC)cc2F)cs1. The number of nitrogens with one attached hydrogen (secondary N) is 1. The fourth-order valence-electron chi connectivity index (χ4n) is 1.49. The number of halogens is 1. The van der Waals surface area contributed by atoms with Crippen LogP contribution in [0.3, 0.4) is 0 Å². The molecule has 0 aliphatic rings. The minimum Gasteiger partial charge on any atom is -0.497 e. The highest BCUT2D eigenvalue weighted by molar-refractivity contribution is 7.14. The van der Waals surface area contributed by atoms with Crippen LogP contribution in [0.5, 0.6) is 5.75 Å². The van der Waals surface area contributed by atoms with Crippen molar-refractivity contribution >= 4 is 22.4 Å². The Bertz CT molecular complexity index is 598. The van der Waals surface area contributed by atoms with Crippen LogP contribution in [0, 0.1) is 5.82 Å². The molecule has 0 spiro atoms. The number of carbonyl (C=O) groups is 1. The highest BCUT2D eigenvalue weighted by atomic mass is 32.1. The van der Waals surface area contributed by atoms with E-state index in [2.05, 4.69) is 10.3 Å². The van der Waals surface area contributed by atoms with E-state index in [1.165, 1.54) is 24.5 Å². The van der Waals surface area contributed by atoms with Crippen LogP contribution >= 0.6 is 11.3 Å². The van der Waals surface area contributed by atoms with Crippen molar-refractivity contribution in [1.82, 2.24) is 4.98 Å². The lowest BCUT2D eigenvalue weighted by atomic mass is 10.1. The average Bonchev–Trinajstić information content (AvgIpc) is 2.86. The monoisotopic (exact) mass is 280 g/mol. The topological polar surface area (TPSA) is 51.2 Å².